The van der Waals surface area contributed by atoms with Gasteiger partial charge in [0.25, 0.3) is 0 Å². The standard InChI is InChI=1S/C14H19FN2O2S/c1-3-9-8-17(4-5-20-9)13-6-10(14(18)19-2)12(16)7-11(13)15/h6-7,9H,3-5,8,16H2,1-2H3. The number of hydrogen-bond acceptors (Lipinski definition) is 5. The molecular weight excluding hydrogens is 279 g/mol. The van der Waals surface area contributed by atoms with Crippen LogP contribution in [0.5, 0.6) is 0 Å². The fraction of sp³-hybridized carbons (Fsp3) is 0.500. The van der Waals surface area contributed by atoms with E-state index in [1.54, 1.807) is 0 Å². The molecule has 1 aromatic carbocycles. The molecule has 110 valence electrons. The second-order valence-corrected chi connectivity index (χ2v) is 6.14. The van der Waals surface area contributed by atoms with Gasteiger partial charge in [-0.3, -0.25) is 0 Å². The van der Waals surface area contributed by atoms with E-state index in [4.69, 9.17) is 5.73 Å². The van der Waals surface area contributed by atoms with Gasteiger partial charge >= 0.3 is 5.97 Å². The summed E-state index contributed by atoms with van der Waals surface area (Å²) in [4.78, 5) is 13.6. The van der Waals surface area contributed by atoms with Crippen molar-refractivity contribution in [2.24, 2.45) is 0 Å². The Labute approximate surface area is 122 Å². The zero-order valence-corrected chi connectivity index (χ0v) is 12.5. The van der Waals surface area contributed by atoms with E-state index < -0.39 is 11.8 Å². The minimum atomic E-state index is -0.540. The number of carbonyl (C=O) groups is 1. The lowest BCUT2D eigenvalue weighted by Gasteiger charge is -2.34. The van der Waals surface area contributed by atoms with Crippen molar-refractivity contribution in [1.29, 1.82) is 0 Å². The van der Waals surface area contributed by atoms with Gasteiger partial charge in [-0.25, -0.2) is 9.18 Å². The number of nitrogen functional groups attached to an aromatic ring is 1. The van der Waals surface area contributed by atoms with Crippen LogP contribution in [0.15, 0.2) is 12.1 Å². The fourth-order valence-electron chi connectivity index (χ4n) is 2.29. The number of esters is 1. The third kappa shape index (κ3) is 3.00. The molecule has 6 heteroatoms. The summed E-state index contributed by atoms with van der Waals surface area (Å²) in [6.45, 7) is 3.67. The summed E-state index contributed by atoms with van der Waals surface area (Å²) < 4.78 is 18.8. The molecule has 20 heavy (non-hydrogen) atoms. The van der Waals surface area contributed by atoms with Gasteiger partial charge in [0.05, 0.1) is 18.4 Å². The summed E-state index contributed by atoms with van der Waals surface area (Å²) in [7, 11) is 1.29. The Morgan fingerprint density at radius 2 is 2.35 bits per heavy atom. The molecule has 2 N–H and O–H groups in total. The molecule has 0 aromatic heterocycles. The lowest BCUT2D eigenvalue weighted by molar-refractivity contribution is 0.0602. The summed E-state index contributed by atoms with van der Waals surface area (Å²) in [5.74, 6) is 0.0228. The number of ether oxygens (including phenoxy) is 1. The van der Waals surface area contributed by atoms with Crippen molar-refractivity contribution < 1.29 is 13.9 Å². The van der Waals surface area contributed by atoms with E-state index in [0.717, 1.165) is 25.3 Å². The van der Waals surface area contributed by atoms with Gasteiger partial charge in [0.2, 0.25) is 0 Å². The maximum absolute atomic E-state index is 14.1. The van der Waals surface area contributed by atoms with Crippen molar-refractivity contribution in [3.63, 3.8) is 0 Å². The molecule has 0 spiro atoms. The highest BCUT2D eigenvalue weighted by molar-refractivity contribution is 8.00. The average Bonchev–Trinajstić information content (AvgIpc) is 2.46. The van der Waals surface area contributed by atoms with Crippen LogP contribution in [0.2, 0.25) is 0 Å². The second-order valence-electron chi connectivity index (χ2n) is 4.73. The summed E-state index contributed by atoms with van der Waals surface area (Å²) in [5, 5.41) is 0.488. The van der Waals surface area contributed by atoms with E-state index in [0.29, 0.717) is 10.9 Å². The van der Waals surface area contributed by atoms with Crippen LogP contribution >= 0.6 is 11.8 Å². The molecule has 1 aliphatic heterocycles. The Morgan fingerprint density at radius 3 is 3.00 bits per heavy atom. The molecular formula is C14H19FN2O2S. The molecule has 0 amide bonds. The van der Waals surface area contributed by atoms with Gasteiger partial charge in [-0.05, 0) is 18.6 Å². The molecule has 4 nitrogen and oxygen atoms in total. The molecule has 0 radical (unpaired) electrons. The molecule has 0 saturated carbocycles. The van der Waals surface area contributed by atoms with Gasteiger partial charge in [0.15, 0.2) is 0 Å². The van der Waals surface area contributed by atoms with Crippen LogP contribution in [0, 0.1) is 5.82 Å². The molecule has 0 aliphatic carbocycles. The SMILES string of the molecule is CCC1CN(c2cc(C(=O)OC)c(N)cc2F)CCS1. The second kappa shape index (κ2) is 6.35. The van der Waals surface area contributed by atoms with E-state index in [1.165, 1.54) is 19.2 Å². The zero-order valence-electron chi connectivity index (χ0n) is 11.7. The Kier molecular flexibility index (Phi) is 4.75. The number of nitrogens with zero attached hydrogens (tertiary/aromatic N) is 1. The van der Waals surface area contributed by atoms with Crippen LogP contribution < -0.4 is 10.6 Å². The van der Waals surface area contributed by atoms with Crippen molar-refractivity contribution in [2.45, 2.75) is 18.6 Å². The van der Waals surface area contributed by atoms with Crippen LogP contribution in [-0.2, 0) is 4.74 Å². The van der Waals surface area contributed by atoms with Crippen LogP contribution in [0.1, 0.15) is 23.7 Å². The summed E-state index contributed by atoms with van der Waals surface area (Å²) >= 11 is 1.91. The number of hydrogen-bond donors (Lipinski definition) is 1. The average molecular weight is 298 g/mol. The van der Waals surface area contributed by atoms with Gasteiger partial charge < -0.3 is 15.4 Å². The molecule has 1 atom stereocenters. The van der Waals surface area contributed by atoms with Gasteiger partial charge in [-0.15, -0.1) is 0 Å². The van der Waals surface area contributed by atoms with E-state index in [2.05, 4.69) is 11.7 Å². The van der Waals surface area contributed by atoms with Crippen molar-refractivity contribution in [1.82, 2.24) is 0 Å². The lowest BCUT2D eigenvalue weighted by atomic mass is 10.1. The molecule has 1 unspecified atom stereocenters. The Bertz CT molecular complexity index is 510. The van der Waals surface area contributed by atoms with Crippen LogP contribution in [0.3, 0.4) is 0 Å². The van der Waals surface area contributed by atoms with Crippen molar-refractivity contribution in [2.75, 3.05) is 36.6 Å². The minimum Gasteiger partial charge on any atom is -0.465 e. The molecule has 1 aliphatic rings. The zero-order chi connectivity index (χ0) is 14.7. The normalized spacial score (nSPS) is 18.9. The predicted molar refractivity (Wildman–Crippen MR) is 80.9 cm³/mol. The monoisotopic (exact) mass is 298 g/mol. The maximum atomic E-state index is 14.1. The maximum Gasteiger partial charge on any atom is 0.340 e. The highest BCUT2D eigenvalue weighted by Gasteiger charge is 2.23. The highest BCUT2D eigenvalue weighted by Crippen LogP contribution is 2.30. The molecule has 1 aromatic rings. The summed E-state index contributed by atoms with van der Waals surface area (Å²) in [6, 6.07) is 2.70. The number of carbonyl (C=O) groups excluding carboxylic acids is 1. The Balaban J connectivity index is 2.33. The van der Waals surface area contributed by atoms with Gasteiger partial charge in [-0.1, -0.05) is 6.92 Å². The number of rotatable bonds is 3. The van der Waals surface area contributed by atoms with E-state index >= 15 is 0 Å². The van der Waals surface area contributed by atoms with E-state index in [-0.39, 0.29) is 11.3 Å². The number of nitrogens with two attached hydrogens (primary N) is 1. The molecule has 0 bridgehead atoms. The van der Waals surface area contributed by atoms with Crippen molar-refractivity contribution >= 4 is 29.1 Å². The first kappa shape index (κ1) is 15.0. The molecule has 1 heterocycles. The largest absolute Gasteiger partial charge is 0.465 e. The summed E-state index contributed by atoms with van der Waals surface area (Å²) in [5.41, 5.74) is 6.44. The minimum absolute atomic E-state index is 0.108. The highest BCUT2D eigenvalue weighted by atomic mass is 32.2. The van der Waals surface area contributed by atoms with Crippen LogP contribution in [-0.4, -0.2) is 37.2 Å². The van der Waals surface area contributed by atoms with Gasteiger partial charge in [-0.2, -0.15) is 11.8 Å². The number of methoxy groups -OCH3 is 1. The Hall–Kier alpha value is -1.43. The van der Waals surface area contributed by atoms with Crippen LogP contribution in [0.4, 0.5) is 15.8 Å². The number of thioether (sulfide) groups is 1. The summed E-state index contributed by atoms with van der Waals surface area (Å²) in [6.07, 6.45) is 1.04. The van der Waals surface area contributed by atoms with Crippen LogP contribution in [0.25, 0.3) is 0 Å². The lowest BCUT2D eigenvalue weighted by Crippen LogP contribution is -2.38. The first-order valence-corrected chi connectivity index (χ1v) is 7.65. The molecule has 1 saturated heterocycles. The van der Waals surface area contributed by atoms with Gasteiger partial charge in [0, 0.05) is 29.8 Å². The fourth-order valence-corrected chi connectivity index (χ4v) is 3.47. The van der Waals surface area contributed by atoms with Gasteiger partial charge in [0.1, 0.15) is 5.82 Å². The van der Waals surface area contributed by atoms with E-state index in [9.17, 15) is 9.18 Å². The molecule has 1 fully saturated rings. The first-order valence-electron chi connectivity index (χ1n) is 6.60. The van der Waals surface area contributed by atoms with E-state index in [1.807, 2.05) is 16.7 Å². The first-order chi connectivity index (χ1) is 9.56. The predicted octanol–water partition coefficient (Wildman–Crippen LogP) is 2.53. The topological polar surface area (TPSA) is 55.6 Å². The van der Waals surface area contributed by atoms with Crippen molar-refractivity contribution in [3.05, 3.63) is 23.5 Å². The quantitative estimate of drug-likeness (QED) is 0.686. The third-order valence-electron chi connectivity index (χ3n) is 3.46. The molecule has 2 rings (SSSR count). The number of anilines is 2. The smallest absolute Gasteiger partial charge is 0.340 e. The van der Waals surface area contributed by atoms with Crippen molar-refractivity contribution in [3.8, 4) is 0 Å². The number of halogens is 1. The Morgan fingerprint density at radius 1 is 1.60 bits per heavy atom. The third-order valence-corrected chi connectivity index (χ3v) is 4.83. The number of benzene rings is 1.